The van der Waals surface area contributed by atoms with E-state index < -0.39 is 17.5 Å². The van der Waals surface area contributed by atoms with Gasteiger partial charge in [-0.2, -0.15) is 0 Å². The molecule has 0 saturated carbocycles. The van der Waals surface area contributed by atoms with Crippen molar-refractivity contribution in [1.29, 1.82) is 0 Å². The number of amides is 2. The Morgan fingerprint density at radius 3 is 2.57 bits per heavy atom. The lowest BCUT2D eigenvalue weighted by Gasteiger charge is -2.20. The Bertz CT molecular complexity index is 613. The first kappa shape index (κ1) is 15.2. The average Bonchev–Trinajstić information content (AvgIpc) is 2.63. The Morgan fingerprint density at radius 1 is 1.29 bits per heavy atom. The van der Waals surface area contributed by atoms with Crippen LogP contribution in [0.3, 0.4) is 0 Å². The van der Waals surface area contributed by atoms with Crippen molar-refractivity contribution >= 4 is 23.3 Å². The predicted octanol–water partition coefficient (Wildman–Crippen LogP) is 1.52. The van der Waals surface area contributed by atoms with Gasteiger partial charge in [0.2, 0.25) is 5.91 Å². The van der Waals surface area contributed by atoms with Crippen molar-refractivity contribution in [2.75, 3.05) is 11.4 Å². The summed E-state index contributed by atoms with van der Waals surface area (Å²) >= 11 is 0. The van der Waals surface area contributed by atoms with Crippen LogP contribution >= 0.6 is 0 Å². The molecule has 0 bridgehead atoms. The van der Waals surface area contributed by atoms with Gasteiger partial charge in [-0.1, -0.05) is 13.8 Å². The summed E-state index contributed by atoms with van der Waals surface area (Å²) in [5, 5.41) is 2.75. The molecule has 0 fully saturated rings. The van der Waals surface area contributed by atoms with Crippen LogP contribution in [0.5, 0.6) is 0 Å². The van der Waals surface area contributed by atoms with Crippen LogP contribution in [-0.2, 0) is 9.59 Å². The SMILES string of the molecule is CC(C)C(C)NC(=O)CN1C(=O)C(=O)c2ccc(F)cc21. The van der Waals surface area contributed by atoms with Gasteiger partial charge in [0.1, 0.15) is 12.4 Å². The summed E-state index contributed by atoms with van der Waals surface area (Å²) in [5.74, 6) is -2.21. The zero-order valence-electron chi connectivity index (χ0n) is 12.1. The summed E-state index contributed by atoms with van der Waals surface area (Å²) in [6.07, 6.45) is 0. The molecule has 1 N–H and O–H groups in total. The second kappa shape index (κ2) is 5.63. The summed E-state index contributed by atoms with van der Waals surface area (Å²) in [4.78, 5) is 36.7. The third kappa shape index (κ3) is 2.94. The Labute approximate surface area is 122 Å². The number of hydrogen-bond acceptors (Lipinski definition) is 3. The van der Waals surface area contributed by atoms with Gasteiger partial charge in [0.25, 0.3) is 11.7 Å². The minimum absolute atomic E-state index is 0.0575. The molecule has 1 atom stereocenters. The molecule has 2 rings (SSSR count). The quantitative estimate of drug-likeness (QED) is 0.856. The molecule has 1 unspecified atom stereocenters. The first-order valence-electron chi connectivity index (χ1n) is 6.76. The second-order valence-corrected chi connectivity index (χ2v) is 5.48. The molecule has 0 spiro atoms. The van der Waals surface area contributed by atoms with Gasteiger partial charge >= 0.3 is 0 Å². The number of anilines is 1. The molecular weight excluding hydrogens is 275 g/mol. The number of hydrogen-bond donors (Lipinski definition) is 1. The minimum atomic E-state index is -0.803. The van der Waals surface area contributed by atoms with Crippen molar-refractivity contribution in [2.24, 2.45) is 5.92 Å². The van der Waals surface area contributed by atoms with Crippen LogP contribution in [0.1, 0.15) is 31.1 Å². The molecule has 1 aromatic carbocycles. The van der Waals surface area contributed by atoms with Crippen LogP contribution in [0.4, 0.5) is 10.1 Å². The standard InChI is InChI=1S/C15H17FN2O3/c1-8(2)9(3)17-13(19)7-18-12-6-10(16)4-5-11(12)14(20)15(18)21/h4-6,8-9H,7H2,1-3H3,(H,17,19). The number of nitrogens with one attached hydrogen (secondary N) is 1. The van der Waals surface area contributed by atoms with Gasteiger partial charge in [-0.15, -0.1) is 0 Å². The highest BCUT2D eigenvalue weighted by Gasteiger charge is 2.37. The van der Waals surface area contributed by atoms with Gasteiger partial charge in [0.05, 0.1) is 11.3 Å². The first-order chi connectivity index (χ1) is 9.81. The maximum atomic E-state index is 13.3. The fourth-order valence-corrected chi connectivity index (χ4v) is 2.03. The third-order valence-electron chi connectivity index (χ3n) is 3.62. The Hall–Kier alpha value is -2.24. The molecule has 0 aliphatic carbocycles. The summed E-state index contributed by atoms with van der Waals surface area (Å²) in [5.41, 5.74) is 0.281. The van der Waals surface area contributed by atoms with Crippen LogP contribution < -0.4 is 10.2 Å². The van der Waals surface area contributed by atoms with Gasteiger partial charge < -0.3 is 5.32 Å². The van der Waals surface area contributed by atoms with Crippen molar-refractivity contribution in [1.82, 2.24) is 5.32 Å². The lowest BCUT2D eigenvalue weighted by atomic mass is 10.1. The molecule has 2 amide bonds. The molecule has 1 aliphatic heterocycles. The number of nitrogens with zero attached hydrogens (tertiary/aromatic N) is 1. The molecule has 0 radical (unpaired) electrons. The third-order valence-corrected chi connectivity index (χ3v) is 3.62. The van der Waals surface area contributed by atoms with E-state index in [0.717, 1.165) is 17.0 Å². The Kier molecular flexibility index (Phi) is 4.06. The maximum Gasteiger partial charge on any atom is 0.299 e. The molecule has 0 saturated heterocycles. The minimum Gasteiger partial charge on any atom is -0.352 e. The number of halogens is 1. The molecule has 112 valence electrons. The van der Waals surface area contributed by atoms with Crippen molar-refractivity contribution in [3.8, 4) is 0 Å². The van der Waals surface area contributed by atoms with Gasteiger partial charge in [-0.3, -0.25) is 19.3 Å². The zero-order valence-corrected chi connectivity index (χ0v) is 12.1. The highest BCUT2D eigenvalue weighted by atomic mass is 19.1. The zero-order chi connectivity index (χ0) is 15.7. The van der Waals surface area contributed by atoms with Crippen molar-refractivity contribution < 1.29 is 18.8 Å². The number of Topliss-reactive ketones (excluding diaryl/α,β-unsaturated/α-hetero) is 1. The lowest BCUT2D eigenvalue weighted by molar-refractivity contribution is -0.122. The lowest BCUT2D eigenvalue weighted by Crippen LogP contribution is -2.44. The van der Waals surface area contributed by atoms with Crippen molar-refractivity contribution in [3.63, 3.8) is 0 Å². The molecule has 1 heterocycles. The van der Waals surface area contributed by atoms with E-state index in [4.69, 9.17) is 0 Å². The van der Waals surface area contributed by atoms with Gasteiger partial charge in [-0.05, 0) is 31.0 Å². The molecule has 6 heteroatoms. The topological polar surface area (TPSA) is 66.5 Å². The summed E-state index contributed by atoms with van der Waals surface area (Å²) < 4.78 is 13.3. The molecule has 5 nitrogen and oxygen atoms in total. The molecule has 0 aromatic heterocycles. The molecule has 1 aromatic rings. The Balaban J connectivity index is 2.18. The van der Waals surface area contributed by atoms with E-state index in [1.807, 2.05) is 20.8 Å². The number of rotatable bonds is 4. The van der Waals surface area contributed by atoms with Gasteiger partial charge in [0.15, 0.2) is 0 Å². The number of carbonyl (C=O) groups is 3. The van der Waals surface area contributed by atoms with E-state index in [1.54, 1.807) is 0 Å². The summed E-state index contributed by atoms with van der Waals surface area (Å²) in [6, 6.07) is 3.42. The van der Waals surface area contributed by atoms with Gasteiger partial charge in [-0.25, -0.2) is 4.39 Å². The maximum absolute atomic E-state index is 13.3. The van der Waals surface area contributed by atoms with Crippen LogP contribution in [0.15, 0.2) is 18.2 Å². The van der Waals surface area contributed by atoms with Crippen LogP contribution in [0, 0.1) is 11.7 Å². The van der Waals surface area contributed by atoms with E-state index in [2.05, 4.69) is 5.32 Å². The molecule has 21 heavy (non-hydrogen) atoms. The fourth-order valence-electron chi connectivity index (χ4n) is 2.03. The average molecular weight is 292 g/mol. The number of ketones is 1. The van der Waals surface area contributed by atoms with E-state index in [9.17, 15) is 18.8 Å². The normalized spacial score (nSPS) is 15.4. The highest BCUT2D eigenvalue weighted by Crippen LogP contribution is 2.29. The van der Waals surface area contributed by atoms with Crippen LogP contribution in [0.25, 0.3) is 0 Å². The highest BCUT2D eigenvalue weighted by molar-refractivity contribution is 6.52. The number of carbonyl (C=O) groups excluding carboxylic acids is 3. The molecular formula is C15H17FN2O3. The summed E-state index contributed by atoms with van der Waals surface area (Å²) in [7, 11) is 0. The van der Waals surface area contributed by atoms with Crippen molar-refractivity contribution in [2.45, 2.75) is 26.8 Å². The van der Waals surface area contributed by atoms with Gasteiger partial charge in [0, 0.05) is 6.04 Å². The first-order valence-corrected chi connectivity index (χ1v) is 6.76. The van der Waals surface area contributed by atoms with Crippen LogP contribution in [0.2, 0.25) is 0 Å². The fraction of sp³-hybridized carbons (Fsp3) is 0.400. The largest absolute Gasteiger partial charge is 0.352 e. The number of benzene rings is 1. The smallest absolute Gasteiger partial charge is 0.299 e. The van der Waals surface area contributed by atoms with E-state index >= 15 is 0 Å². The Morgan fingerprint density at radius 2 is 1.95 bits per heavy atom. The number of fused-ring (bicyclic) bond motifs is 1. The van der Waals surface area contributed by atoms with Crippen LogP contribution in [-0.4, -0.2) is 30.2 Å². The van der Waals surface area contributed by atoms with E-state index in [-0.39, 0.29) is 35.7 Å². The monoisotopic (exact) mass is 292 g/mol. The van der Waals surface area contributed by atoms with Crippen molar-refractivity contribution in [3.05, 3.63) is 29.6 Å². The second-order valence-electron chi connectivity index (χ2n) is 5.48. The van der Waals surface area contributed by atoms with E-state index in [1.165, 1.54) is 6.07 Å². The predicted molar refractivity (Wildman–Crippen MR) is 75.5 cm³/mol. The van der Waals surface area contributed by atoms with E-state index in [0.29, 0.717) is 0 Å². The molecule has 1 aliphatic rings. The summed E-state index contributed by atoms with van der Waals surface area (Å²) in [6.45, 7) is 5.48.